The van der Waals surface area contributed by atoms with Gasteiger partial charge >= 0.3 is 6.18 Å². The number of hydrogen-bond acceptors (Lipinski definition) is 0. The molecule has 15 heavy (non-hydrogen) atoms. The largest absolute Gasteiger partial charge is 0.416 e. The molecule has 0 heterocycles. The van der Waals surface area contributed by atoms with E-state index in [-0.39, 0.29) is 0 Å². The fourth-order valence-corrected chi connectivity index (χ4v) is 1.27. The van der Waals surface area contributed by atoms with Gasteiger partial charge in [-0.25, -0.2) is 8.78 Å². The molecule has 0 aromatic rings. The minimum Gasteiger partial charge on any atom is -0.239 e. The summed E-state index contributed by atoms with van der Waals surface area (Å²) in [5, 5.41) is -0.592. The van der Waals surface area contributed by atoms with Crippen LogP contribution in [0, 0.1) is 0 Å². The Morgan fingerprint density at radius 3 is 2.27 bits per heavy atom. The molecule has 84 valence electrons. The van der Waals surface area contributed by atoms with Gasteiger partial charge in [-0.2, -0.15) is 13.2 Å². The van der Waals surface area contributed by atoms with Gasteiger partial charge in [-0.1, -0.05) is 18.2 Å². The molecule has 1 rings (SSSR count). The van der Waals surface area contributed by atoms with E-state index in [9.17, 15) is 22.0 Å². The minimum atomic E-state index is -4.68. The smallest absolute Gasteiger partial charge is 0.239 e. The Labute approximate surface area is 87.7 Å². The number of allylic oxidation sites excluding steroid dienone is 5. The van der Waals surface area contributed by atoms with E-state index >= 15 is 0 Å². The Kier molecular flexibility index (Phi) is 3.23. The average Bonchev–Trinajstić information content (AvgIpc) is 2.10. The highest BCUT2D eigenvalue weighted by atomic mass is 35.5. The lowest BCUT2D eigenvalue weighted by Crippen LogP contribution is -2.22. The molecule has 0 spiro atoms. The van der Waals surface area contributed by atoms with Gasteiger partial charge in [0.25, 0.3) is 0 Å². The highest BCUT2D eigenvalue weighted by Crippen LogP contribution is 2.35. The number of rotatable bonds is 1. The third-order valence-corrected chi connectivity index (χ3v) is 2.18. The SMILES string of the molecule is C=C(C1=CC(F)C(F)C(Cl)=C1)C(F)(F)F. The third kappa shape index (κ3) is 2.59. The van der Waals surface area contributed by atoms with Gasteiger partial charge < -0.3 is 0 Å². The van der Waals surface area contributed by atoms with Crippen molar-refractivity contribution in [1.82, 2.24) is 0 Å². The average molecular weight is 245 g/mol. The lowest BCUT2D eigenvalue weighted by molar-refractivity contribution is -0.0887. The molecule has 0 saturated carbocycles. The molecule has 0 fully saturated rings. The fourth-order valence-electron chi connectivity index (χ4n) is 1.04. The van der Waals surface area contributed by atoms with E-state index in [0.29, 0.717) is 6.08 Å². The summed E-state index contributed by atoms with van der Waals surface area (Å²) in [6, 6.07) is 0. The summed E-state index contributed by atoms with van der Waals surface area (Å²) in [6.07, 6.45) is -7.69. The second-order valence-corrected chi connectivity index (χ2v) is 3.41. The van der Waals surface area contributed by atoms with E-state index < -0.39 is 34.7 Å². The topological polar surface area (TPSA) is 0 Å². The fraction of sp³-hybridized carbons (Fsp3) is 0.333. The second kappa shape index (κ2) is 3.96. The van der Waals surface area contributed by atoms with Crippen molar-refractivity contribution in [2.75, 3.05) is 0 Å². The minimum absolute atomic E-state index is 0.520. The summed E-state index contributed by atoms with van der Waals surface area (Å²) in [5.41, 5.74) is -1.77. The van der Waals surface area contributed by atoms with Crippen LogP contribution in [0.4, 0.5) is 22.0 Å². The lowest BCUT2D eigenvalue weighted by Gasteiger charge is -2.19. The summed E-state index contributed by atoms with van der Waals surface area (Å²) in [6.45, 7) is 2.76. The van der Waals surface area contributed by atoms with Gasteiger partial charge in [-0.05, 0) is 17.7 Å². The van der Waals surface area contributed by atoms with Crippen molar-refractivity contribution in [3.63, 3.8) is 0 Å². The van der Waals surface area contributed by atoms with Crippen LogP contribution in [-0.4, -0.2) is 18.5 Å². The molecule has 1 aliphatic carbocycles. The van der Waals surface area contributed by atoms with E-state index in [4.69, 9.17) is 11.6 Å². The first-order chi connectivity index (χ1) is 6.73. The first-order valence-electron chi connectivity index (χ1n) is 3.87. The van der Waals surface area contributed by atoms with Crippen molar-refractivity contribution in [2.24, 2.45) is 0 Å². The molecule has 0 amide bonds. The second-order valence-electron chi connectivity index (χ2n) is 2.97. The molecule has 2 atom stereocenters. The molecule has 0 aliphatic heterocycles. The van der Waals surface area contributed by atoms with Gasteiger partial charge in [-0.15, -0.1) is 0 Å². The van der Waals surface area contributed by atoms with E-state index in [2.05, 4.69) is 6.58 Å². The maximum Gasteiger partial charge on any atom is 0.416 e. The molecule has 1 aliphatic rings. The van der Waals surface area contributed by atoms with Crippen LogP contribution < -0.4 is 0 Å². The summed E-state index contributed by atoms with van der Waals surface area (Å²) >= 11 is 5.25. The molecular formula is C9H6ClF5. The zero-order valence-corrected chi connectivity index (χ0v) is 8.04. The molecule has 0 bridgehead atoms. The van der Waals surface area contributed by atoms with Crippen LogP contribution in [0.3, 0.4) is 0 Å². The molecule has 0 radical (unpaired) electrons. The Bertz CT molecular complexity index is 339. The highest BCUT2D eigenvalue weighted by Gasteiger charge is 2.36. The number of alkyl halides is 5. The van der Waals surface area contributed by atoms with Crippen LogP contribution in [0.15, 0.2) is 34.9 Å². The van der Waals surface area contributed by atoms with Crippen LogP contribution in [0.1, 0.15) is 0 Å². The predicted octanol–water partition coefficient (Wildman–Crippen LogP) is 3.84. The van der Waals surface area contributed by atoms with Crippen LogP contribution >= 0.6 is 11.6 Å². The normalized spacial score (nSPS) is 27.1. The summed E-state index contributed by atoms with van der Waals surface area (Å²) in [4.78, 5) is 0. The van der Waals surface area contributed by atoms with Gasteiger partial charge in [0.2, 0.25) is 0 Å². The van der Waals surface area contributed by atoms with Gasteiger partial charge in [0.15, 0.2) is 12.3 Å². The first-order valence-corrected chi connectivity index (χ1v) is 4.25. The van der Waals surface area contributed by atoms with E-state index in [1.165, 1.54) is 0 Å². The van der Waals surface area contributed by atoms with Gasteiger partial charge in [-0.3, -0.25) is 0 Å². The zero-order valence-electron chi connectivity index (χ0n) is 7.28. The van der Waals surface area contributed by atoms with Crippen molar-refractivity contribution < 1.29 is 22.0 Å². The van der Waals surface area contributed by atoms with E-state index in [1.54, 1.807) is 0 Å². The van der Waals surface area contributed by atoms with E-state index in [1.807, 2.05) is 0 Å². The van der Waals surface area contributed by atoms with Crippen molar-refractivity contribution in [3.05, 3.63) is 34.9 Å². The zero-order chi connectivity index (χ0) is 11.8. The Morgan fingerprint density at radius 2 is 1.87 bits per heavy atom. The van der Waals surface area contributed by atoms with Crippen LogP contribution in [0.5, 0.6) is 0 Å². The van der Waals surface area contributed by atoms with E-state index in [0.717, 1.165) is 6.08 Å². The van der Waals surface area contributed by atoms with Crippen LogP contribution in [0.25, 0.3) is 0 Å². The van der Waals surface area contributed by atoms with Crippen molar-refractivity contribution in [2.45, 2.75) is 18.5 Å². The van der Waals surface area contributed by atoms with Gasteiger partial charge in [0.1, 0.15) is 0 Å². The van der Waals surface area contributed by atoms with Gasteiger partial charge in [0, 0.05) is 0 Å². The maximum absolute atomic E-state index is 12.8. The maximum atomic E-state index is 12.8. The quantitative estimate of drug-likeness (QED) is 0.615. The van der Waals surface area contributed by atoms with Crippen molar-refractivity contribution in [1.29, 1.82) is 0 Å². The number of hydrogen-bond donors (Lipinski definition) is 0. The third-order valence-electron chi connectivity index (χ3n) is 1.87. The molecule has 6 heteroatoms. The van der Waals surface area contributed by atoms with Crippen molar-refractivity contribution in [3.8, 4) is 0 Å². The predicted molar refractivity (Wildman–Crippen MR) is 47.0 cm³/mol. The molecule has 0 saturated heterocycles. The molecule has 0 aromatic carbocycles. The molecular weight excluding hydrogens is 239 g/mol. The van der Waals surface area contributed by atoms with Crippen LogP contribution in [-0.2, 0) is 0 Å². The summed E-state index contributed by atoms with van der Waals surface area (Å²) in [7, 11) is 0. The Morgan fingerprint density at radius 1 is 1.33 bits per heavy atom. The standard InChI is InChI=1S/C9H6ClF5/c1-4(9(13,14)15)5-2-6(10)8(12)7(11)3-5/h2-3,7-8H,1H2. The summed E-state index contributed by atoms with van der Waals surface area (Å²) in [5.74, 6) is 0. The lowest BCUT2D eigenvalue weighted by atomic mass is 9.98. The summed E-state index contributed by atoms with van der Waals surface area (Å²) < 4.78 is 62.1. The number of halogens is 6. The molecule has 2 unspecified atom stereocenters. The molecule has 0 aromatic heterocycles. The van der Waals surface area contributed by atoms with Gasteiger partial charge in [0.05, 0.1) is 10.6 Å². The Balaban J connectivity index is 3.00. The Hall–Kier alpha value is -0.840. The first kappa shape index (κ1) is 12.2. The molecule has 0 N–H and O–H groups in total. The molecule has 0 nitrogen and oxygen atoms in total. The monoisotopic (exact) mass is 244 g/mol. The van der Waals surface area contributed by atoms with Crippen LogP contribution in [0.2, 0.25) is 0 Å². The highest BCUT2D eigenvalue weighted by molar-refractivity contribution is 6.30. The van der Waals surface area contributed by atoms with Crippen molar-refractivity contribution >= 4 is 11.6 Å².